The van der Waals surface area contributed by atoms with Crippen LogP contribution in [0.1, 0.15) is 36.7 Å². The summed E-state index contributed by atoms with van der Waals surface area (Å²) < 4.78 is 6.95. The number of aromatic amines is 1. The van der Waals surface area contributed by atoms with Crippen molar-refractivity contribution in [3.63, 3.8) is 0 Å². The van der Waals surface area contributed by atoms with Crippen molar-refractivity contribution < 1.29 is 9.53 Å². The zero-order chi connectivity index (χ0) is 18.1. The number of carbonyl (C=O) groups is 1. The van der Waals surface area contributed by atoms with Gasteiger partial charge in [-0.2, -0.15) is 0 Å². The summed E-state index contributed by atoms with van der Waals surface area (Å²) >= 11 is 6.85. The lowest BCUT2D eigenvalue weighted by atomic mass is 10.1. The van der Waals surface area contributed by atoms with E-state index >= 15 is 0 Å². The summed E-state index contributed by atoms with van der Waals surface area (Å²) in [5, 5.41) is 2.12. The molecule has 130 valence electrons. The Kier molecular flexibility index (Phi) is 4.82. The van der Waals surface area contributed by atoms with Gasteiger partial charge in [0.25, 0.3) is 5.56 Å². The number of hydrogen-bond acceptors (Lipinski definition) is 6. The lowest BCUT2D eigenvalue weighted by molar-refractivity contribution is 0.0603. The Morgan fingerprint density at radius 1 is 1.52 bits per heavy atom. The second-order valence-electron chi connectivity index (χ2n) is 5.61. The summed E-state index contributed by atoms with van der Waals surface area (Å²) in [7, 11) is 1.29. The standard InChI is InChI=1S/C17H17N3O3S2/c1-4-9(2)20-14-13(15(21)19-17(20)24)10(16(22)23-3)8-11(18-14)12-6-5-7-25-12/h5-9H,4H2,1-3H3,(H,19,21,24). The van der Waals surface area contributed by atoms with Gasteiger partial charge in [-0.15, -0.1) is 11.3 Å². The summed E-state index contributed by atoms with van der Waals surface area (Å²) in [4.78, 5) is 33.0. The molecule has 3 aromatic rings. The number of methoxy groups -OCH3 is 1. The van der Waals surface area contributed by atoms with Gasteiger partial charge in [-0.05, 0) is 43.1 Å². The van der Waals surface area contributed by atoms with Crippen molar-refractivity contribution in [1.82, 2.24) is 14.5 Å². The largest absolute Gasteiger partial charge is 0.465 e. The maximum atomic E-state index is 12.5. The number of hydrogen-bond donors (Lipinski definition) is 1. The van der Waals surface area contributed by atoms with Crippen LogP contribution in [0.25, 0.3) is 21.6 Å². The predicted molar refractivity (Wildman–Crippen MR) is 101 cm³/mol. The summed E-state index contributed by atoms with van der Waals surface area (Å²) in [6.07, 6.45) is 0.800. The van der Waals surface area contributed by atoms with E-state index in [2.05, 4.69) is 9.97 Å². The molecular formula is C17H17N3O3S2. The van der Waals surface area contributed by atoms with Gasteiger partial charge >= 0.3 is 5.97 Å². The summed E-state index contributed by atoms with van der Waals surface area (Å²) in [5.41, 5.74) is 0.753. The average Bonchev–Trinajstić information content (AvgIpc) is 3.14. The van der Waals surface area contributed by atoms with Crippen LogP contribution < -0.4 is 5.56 Å². The molecule has 0 aliphatic rings. The van der Waals surface area contributed by atoms with E-state index in [1.807, 2.05) is 31.4 Å². The normalized spacial score (nSPS) is 12.3. The highest BCUT2D eigenvalue weighted by molar-refractivity contribution is 7.71. The van der Waals surface area contributed by atoms with Crippen LogP contribution in [0.3, 0.4) is 0 Å². The number of pyridine rings is 1. The first-order valence-corrected chi connectivity index (χ1v) is 9.08. The lowest BCUT2D eigenvalue weighted by Gasteiger charge is -2.18. The quantitative estimate of drug-likeness (QED) is 0.552. The van der Waals surface area contributed by atoms with Gasteiger partial charge in [0.2, 0.25) is 0 Å². The number of thiophene rings is 1. The van der Waals surface area contributed by atoms with Crippen LogP contribution in [0, 0.1) is 4.77 Å². The molecule has 1 N–H and O–H groups in total. The Bertz CT molecular complexity index is 1050. The number of H-pyrrole nitrogens is 1. The molecule has 0 aromatic carbocycles. The molecule has 0 amide bonds. The van der Waals surface area contributed by atoms with Crippen molar-refractivity contribution in [1.29, 1.82) is 0 Å². The van der Waals surface area contributed by atoms with E-state index in [1.54, 1.807) is 10.6 Å². The second-order valence-corrected chi connectivity index (χ2v) is 6.94. The number of nitrogens with zero attached hydrogens (tertiary/aromatic N) is 2. The van der Waals surface area contributed by atoms with Crippen LogP contribution >= 0.6 is 23.6 Å². The molecule has 3 aromatic heterocycles. The first-order chi connectivity index (χ1) is 12.0. The first kappa shape index (κ1) is 17.5. The molecule has 0 spiro atoms. The highest BCUT2D eigenvalue weighted by atomic mass is 32.1. The molecule has 1 unspecified atom stereocenters. The van der Waals surface area contributed by atoms with Gasteiger partial charge in [-0.3, -0.25) is 14.3 Å². The molecule has 0 saturated carbocycles. The van der Waals surface area contributed by atoms with Crippen molar-refractivity contribution in [2.24, 2.45) is 0 Å². The van der Waals surface area contributed by atoms with Crippen molar-refractivity contribution in [3.05, 3.63) is 44.3 Å². The molecule has 0 bridgehead atoms. The minimum absolute atomic E-state index is 0.0171. The molecule has 25 heavy (non-hydrogen) atoms. The number of ether oxygens (including phenoxy) is 1. The molecule has 0 radical (unpaired) electrons. The zero-order valence-electron chi connectivity index (χ0n) is 14.0. The van der Waals surface area contributed by atoms with Crippen molar-refractivity contribution in [2.75, 3.05) is 7.11 Å². The lowest BCUT2D eigenvalue weighted by Crippen LogP contribution is -2.21. The van der Waals surface area contributed by atoms with E-state index in [4.69, 9.17) is 17.0 Å². The molecule has 0 saturated heterocycles. The van der Waals surface area contributed by atoms with Crippen LogP contribution in [0.2, 0.25) is 0 Å². The zero-order valence-corrected chi connectivity index (χ0v) is 15.7. The molecule has 8 heteroatoms. The third kappa shape index (κ3) is 3.03. The first-order valence-electron chi connectivity index (χ1n) is 7.79. The van der Waals surface area contributed by atoms with Gasteiger partial charge in [0.1, 0.15) is 5.65 Å². The number of carbonyl (C=O) groups excluding carboxylic acids is 1. The van der Waals surface area contributed by atoms with Crippen molar-refractivity contribution >= 4 is 40.6 Å². The third-order valence-corrected chi connectivity index (χ3v) is 5.30. The number of nitrogens with one attached hydrogen (secondary N) is 1. The highest BCUT2D eigenvalue weighted by Gasteiger charge is 2.21. The van der Waals surface area contributed by atoms with Crippen LogP contribution in [-0.2, 0) is 4.74 Å². The Labute approximate surface area is 153 Å². The molecule has 3 heterocycles. The molecule has 0 aliphatic carbocycles. The van der Waals surface area contributed by atoms with Gasteiger partial charge < -0.3 is 4.74 Å². The second kappa shape index (κ2) is 6.89. The van der Waals surface area contributed by atoms with E-state index in [1.165, 1.54) is 18.4 Å². The maximum absolute atomic E-state index is 12.5. The molecule has 6 nitrogen and oxygen atoms in total. The SMILES string of the molecule is CCC(C)n1c(=S)[nH]c(=O)c2c(C(=O)OC)cc(-c3cccs3)nc21. The molecule has 0 fully saturated rings. The van der Waals surface area contributed by atoms with E-state index in [0.717, 1.165) is 11.3 Å². The van der Waals surface area contributed by atoms with Crippen LogP contribution in [0.5, 0.6) is 0 Å². The van der Waals surface area contributed by atoms with Crippen LogP contribution in [0.15, 0.2) is 28.4 Å². The number of fused-ring (bicyclic) bond motifs is 1. The van der Waals surface area contributed by atoms with Gasteiger partial charge in [0.15, 0.2) is 4.77 Å². The summed E-state index contributed by atoms with van der Waals surface area (Å²) in [6.45, 7) is 4.01. The fourth-order valence-electron chi connectivity index (χ4n) is 2.66. The van der Waals surface area contributed by atoms with Gasteiger partial charge in [-0.25, -0.2) is 9.78 Å². The van der Waals surface area contributed by atoms with E-state index in [-0.39, 0.29) is 17.0 Å². The smallest absolute Gasteiger partial charge is 0.338 e. The number of aromatic nitrogens is 3. The minimum atomic E-state index is -0.580. The Morgan fingerprint density at radius 2 is 2.28 bits per heavy atom. The summed E-state index contributed by atoms with van der Waals surface area (Å²) in [6, 6.07) is 5.43. The third-order valence-electron chi connectivity index (χ3n) is 4.11. The Hall–Kier alpha value is -2.32. The molecule has 0 aliphatic heterocycles. The topological polar surface area (TPSA) is 77.0 Å². The Balaban J connectivity index is 2.50. The van der Waals surface area contributed by atoms with E-state index < -0.39 is 11.5 Å². The van der Waals surface area contributed by atoms with E-state index in [9.17, 15) is 9.59 Å². The number of rotatable bonds is 4. The highest BCUT2D eigenvalue weighted by Crippen LogP contribution is 2.28. The number of esters is 1. The van der Waals surface area contributed by atoms with Gasteiger partial charge in [0, 0.05) is 6.04 Å². The summed E-state index contributed by atoms with van der Waals surface area (Å²) in [5.74, 6) is -0.580. The molecular weight excluding hydrogens is 358 g/mol. The Morgan fingerprint density at radius 3 is 2.88 bits per heavy atom. The molecule has 3 rings (SSSR count). The fourth-order valence-corrected chi connectivity index (χ4v) is 3.70. The minimum Gasteiger partial charge on any atom is -0.465 e. The maximum Gasteiger partial charge on any atom is 0.338 e. The molecule has 1 atom stereocenters. The monoisotopic (exact) mass is 375 g/mol. The van der Waals surface area contributed by atoms with Crippen molar-refractivity contribution in [3.8, 4) is 10.6 Å². The van der Waals surface area contributed by atoms with Crippen molar-refractivity contribution in [2.45, 2.75) is 26.3 Å². The fraction of sp³-hybridized carbons (Fsp3) is 0.294. The van der Waals surface area contributed by atoms with E-state index in [0.29, 0.717) is 16.1 Å². The van der Waals surface area contributed by atoms with Gasteiger partial charge in [0.05, 0.1) is 28.6 Å². The average molecular weight is 375 g/mol. The van der Waals surface area contributed by atoms with Crippen LogP contribution in [0.4, 0.5) is 0 Å². The van der Waals surface area contributed by atoms with Crippen LogP contribution in [-0.4, -0.2) is 27.6 Å². The predicted octanol–water partition coefficient (Wildman–Crippen LogP) is 3.94. The van der Waals surface area contributed by atoms with Gasteiger partial charge in [-0.1, -0.05) is 13.0 Å².